The molecule has 29 heavy (non-hydrogen) atoms. The van der Waals surface area contributed by atoms with Crippen molar-refractivity contribution in [3.05, 3.63) is 0 Å². The molecule has 2 rings (SSSR count). The number of unbranched alkanes of at least 4 members (excludes halogenated alkanes) is 8. The van der Waals surface area contributed by atoms with Crippen molar-refractivity contribution in [2.75, 3.05) is 0 Å². The second-order valence-electron chi connectivity index (χ2n) is 10.6. The number of hydrogen-bond acceptors (Lipinski definition) is 1. The van der Waals surface area contributed by atoms with Crippen molar-refractivity contribution >= 4 is 0 Å². The van der Waals surface area contributed by atoms with Crippen molar-refractivity contribution in [1.29, 1.82) is 0 Å². The van der Waals surface area contributed by atoms with E-state index in [0.29, 0.717) is 0 Å². The van der Waals surface area contributed by atoms with E-state index in [-0.39, 0.29) is 11.2 Å². The van der Waals surface area contributed by atoms with E-state index in [4.69, 9.17) is 4.74 Å². The van der Waals surface area contributed by atoms with Gasteiger partial charge in [0, 0.05) is 0 Å². The first-order valence-corrected chi connectivity index (χ1v) is 13.9. The third-order valence-electron chi connectivity index (χ3n) is 8.45. The molecule has 0 aromatic heterocycles. The molecule has 4 unspecified atom stereocenters. The fraction of sp³-hybridized carbons (Fsp3) is 1.00. The summed E-state index contributed by atoms with van der Waals surface area (Å²) in [5.74, 6) is 1.71. The molecule has 0 aromatic carbocycles. The summed E-state index contributed by atoms with van der Waals surface area (Å²) in [4.78, 5) is 0. The van der Waals surface area contributed by atoms with Crippen LogP contribution in [0.2, 0.25) is 0 Å². The Morgan fingerprint density at radius 2 is 0.931 bits per heavy atom. The van der Waals surface area contributed by atoms with E-state index in [1.165, 1.54) is 128 Å². The quantitative estimate of drug-likeness (QED) is 0.206. The fourth-order valence-electron chi connectivity index (χ4n) is 6.22. The van der Waals surface area contributed by atoms with Gasteiger partial charge in [0.25, 0.3) is 0 Å². The minimum Gasteiger partial charge on any atom is -0.368 e. The molecule has 2 saturated carbocycles. The van der Waals surface area contributed by atoms with Gasteiger partial charge in [-0.2, -0.15) is 0 Å². The molecule has 0 aliphatic heterocycles. The lowest BCUT2D eigenvalue weighted by atomic mass is 9.60. The first-order valence-electron chi connectivity index (χ1n) is 13.9. The van der Waals surface area contributed by atoms with Gasteiger partial charge in [-0.15, -0.1) is 0 Å². The molecule has 1 heteroatoms. The summed E-state index contributed by atoms with van der Waals surface area (Å²) >= 11 is 0. The molecule has 172 valence electrons. The van der Waals surface area contributed by atoms with Crippen molar-refractivity contribution in [2.24, 2.45) is 11.8 Å². The molecule has 0 saturated heterocycles. The molecule has 0 spiro atoms. The lowest BCUT2D eigenvalue weighted by Gasteiger charge is -2.60. The first kappa shape index (κ1) is 25.2. The first-order chi connectivity index (χ1) is 14.2. The van der Waals surface area contributed by atoms with Gasteiger partial charge >= 0.3 is 0 Å². The zero-order valence-corrected chi connectivity index (χ0v) is 20.7. The van der Waals surface area contributed by atoms with Crippen LogP contribution in [0.1, 0.15) is 156 Å². The van der Waals surface area contributed by atoms with Crippen LogP contribution in [0.25, 0.3) is 0 Å². The van der Waals surface area contributed by atoms with Crippen LogP contribution in [-0.4, -0.2) is 11.2 Å². The summed E-state index contributed by atoms with van der Waals surface area (Å²) in [6, 6.07) is 0. The van der Waals surface area contributed by atoms with Crippen LogP contribution < -0.4 is 0 Å². The van der Waals surface area contributed by atoms with Gasteiger partial charge in [-0.3, -0.25) is 0 Å². The van der Waals surface area contributed by atoms with Gasteiger partial charge in [0.1, 0.15) is 0 Å². The third kappa shape index (κ3) is 6.98. The maximum absolute atomic E-state index is 7.48. The topological polar surface area (TPSA) is 9.23 Å². The Labute approximate surface area is 184 Å². The van der Waals surface area contributed by atoms with Crippen LogP contribution in [-0.2, 0) is 4.74 Å². The molecule has 2 aliphatic carbocycles. The second kappa shape index (κ2) is 13.4. The largest absolute Gasteiger partial charge is 0.368 e. The van der Waals surface area contributed by atoms with E-state index in [1.807, 2.05) is 0 Å². The lowest BCUT2D eigenvalue weighted by molar-refractivity contribution is -0.276. The predicted octanol–water partition coefficient (Wildman–Crippen LogP) is 9.62. The van der Waals surface area contributed by atoms with Crippen LogP contribution in [0.4, 0.5) is 0 Å². The lowest BCUT2D eigenvalue weighted by Crippen LogP contribution is -2.60. The molecule has 2 fully saturated rings. The number of ether oxygens (including phenoxy) is 1. The average molecular weight is 407 g/mol. The molecule has 0 radical (unpaired) electrons. The maximum Gasteiger partial charge on any atom is 0.0718 e. The Kier molecular flexibility index (Phi) is 11.6. The summed E-state index contributed by atoms with van der Waals surface area (Å²) in [5, 5.41) is 0. The minimum absolute atomic E-state index is 0.249. The summed E-state index contributed by atoms with van der Waals surface area (Å²) in [6.45, 7) is 9.36. The van der Waals surface area contributed by atoms with Gasteiger partial charge < -0.3 is 4.74 Å². The highest BCUT2D eigenvalue weighted by molar-refractivity contribution is 5.05. The highest BCUT2D eigenvalue weighted by Crippen LogP contribution is 2.57. The summed E-state index contributed by atoms with van der Waals surface area (Å²) in [6.07, 6.45) is 27.6. The molecule has 0 bridgehead atoms. The van der Waals surface area contributed by atoms with Crippen molar-refractivity contribution in [1.82, 2.24) is 0 Å². The molecule has 2 aliphatic rings. The molecule has 1 nitrogen and oxygen atoms in total. The van der Waals surface area contributed by atoms with Crippen molar-refractivity contribution in [2.45, 2.75) is 167 Å². The summed E-state index contributed by atoms with van der Waals surface area (Å²) in [5.41, 5.74) is 0.497. The Morgan fingerprint density at radius 3 is 1.24 bits per heavy atom. The van der Waals surface area contributed by atoms with Crippen LogP contribution in [0, 0.1) is 11.8 Å². The Bertz CT molecular complexity index is 381. The van der Waals surface area contributed by atoms with Crippen molar-refractivity contribution < 1.29 is 4.74 Å². The molecular formula is C28H54O. The summed E-state index contributed by atoms with van der Waals surface area (Å²) in [7, 11) is 0. The van der Waals surface area contributed by atoms with Gasteiger partial charge in [0.2, 0.25) is 0 Å². The molecule has 0 amide bonds. The van der Waals surface area contributed by atoms with Crippen molar-refractivity contribution in [3.63, 3.8) is 0 Å². The zero-order valence-electron chi connectivity index (χ0n) is 20.7. The third-order valence-corrected chi connectivity index (χ3v) is 8.45. The Balaban J connectivity index is 2.07. The summed E-state index contributed by atoms with van der Waals surface area (Å²) < 4.78 is 7.48. The van der Waals surface area contributed by atoms with Gasteiger partial charge in [-0.05, 0) is 63.2 Å². The van der Waals surface area contributed by atoms with E-state index >= 15 is 0 Å². The molecule has 0 N–H and O–H groups in total. The van der Waals surface area contributed by atoms with Crippen LogP contribution in [0.5, 0.6) is 0 Å². The van der Waals surface area contributed by atoms with Crippen LogP contribution >= 0.6 is 0 Å². The van der Waals surface area contributed by atoms with E-state index < -0.39 is 0 Å². The predicted molar refractivity (Wildman–Crippen MR) is 129 cm³/mol. The second-order valence-corrected chi connectivity index (χ2v) is 10.6. The highest BCUT2D eigenvalue weighted by atomic mass is 16.5. The number of rotatable bonds is 18. The SMILES string of the molecule is CCCCCC1CCC1(CCCCC)OC1(CCCCC)CCC1CCCCC. The van der Waals surface area contributed by atoms with Crippen LogP contribution in [0.3, 0.4) is 0 Å². The molecule has 0 aromatic rings. The normalized spacial score (nSPS) is 31.4. The Morgan fingerprint density at radius 1 is 0.552 bits per heavy atom. The van der Waals surface area contributed by atoms with Gasteiger partial charge in [0.15, 0.2) is 0 Å². The van der Waals surface area contributed by atoms with Crippen LogP contribution in [0.15, 0.2) is 0 Å². The van der Waals surface area contributed by atoms with E-state index in [9.17, 15) is 0 Å². The Hall–Kier alpha value is -0.0400. The molecular weight excluding hydrogens is 352 g/mol. The standard InChI is InChI=1S/C28H54O/c1-5-9-13-17-25-19-23-27(25,21-15-11-7-3)29-28(22-16-12-8-4)24-20-26(28)18-14-10-6-2/h25-26H,5-24H2,1-4H3. The van der Waals surface area contributed by atoms with Gasteiger partial charge in [-0.25, -0.2) is 0 Å². The fourth-order valence-corrected chi connectivity index (χ4v) is 6.22. The zero-order chi connectivity index (χ0) is 21.0. The minimum atomic E-state index is 0.249. The van der Waals surface area contributed by atoms with Gasteiger partial charge in [0.05, 0.1) is 11.2 Å². The van der Waals surface area contributed by atoms with E-state index in [2.05, 4.69) is 27.7 Å². The average Bonchev–Trinajstić information content (AvgIpc) is 2.71. The maximum atomic E-state index is 7.48. The number of hydrogen-bond donors (Lipinski definition) is 0. The monoisotopic (exact) mass is 406 g/mol. The highest BCUT2D eigenvalue weighted by Gasteiger charge is 2.56. The van der Waals surface area contributed by atoms with Gasteiger partial charge in [-0.1, -0.05) is 105 Å². The van der Waals surface area contributed by atoms with E-state index in [1.54, 1.807) is 0 Å². The van der Waals surface area contributed by atoms with E-state index in [0.717, 1.165) is 11.8 Å². The van der Waals surface area contributed by atoms with Crippen molar-refractivity contribution in [3.8, 4) is 0 Å². The smallest absolute Gasteiger partial charge is 0.0718 e. The molecule has 0 heterocycles. The molecule has 4 atom stereocenters.